The number of hydrogen-bond donors (Lipinski definition) is 1. The zero-order chi connectivity index (χ0) is 15.3. The first-order chi connectivity index (χ1) is 10.6. The molecule has 0 saturated carbocycles. The Labute approximate surface area is 126 Å². The molecule has 0 bridgehead atoms. The standard InChI is InChI=1S/C15H15N5O2/c1-9-16-17-13-11-4-2-3-5-12(11)14(18-20(9)13)19-7-6-10(8-19)15(21)22/h2-5,10H,6-8H2,1H3,(H,21,22). The summed E-state index contributed by atoms with van der Waals surface area (Å²) >= 11 is 0. The average Bonchev–Trinajstić information content (AvgIpc) is 3.14. The number of anilines is 1. The summed E-state index contributed by atoms with van der Waals surface area (Å²) in [6, 6.07) is 7.91. The molecule has 3 heterocycles. The van der Waals surface area contributed by atoms with Gasteiger partial charge in [-0.25, -0.2) is 0 Å². The van der Waals surface area contributed by atoms with E-state index < -0.39 is 5.97 Å². The lowest BCUT2D eigenvalue weighted by molar-refractivity contribution is -0.140. The van der Waals surface area contributed by atoms with Crippen LogP contribution in [0.25, 0.3) is 16.4 Å². The van der Waals surface area contributed by atoms with Crippen LogP contribution in [0.5, 0.6) is 0 Å². The number of benzene rings is 1. The molecule has 112 valence electrons. The SMILES string of the molecule is Cc1nnc2c3ccccc3c(N3CCC(C(=O)O)C3)nn12. The summed E-state index contributed by atoms with van der Waals surface area (Å²) in [5.74, 6) is 0.442. The fraction of sp³-hybridized carbons (Fsp3) is 0.333. The van der Waals surface area contributed by atoms with Gasteiger partial charge in [0.15, 0.2) is 17.3 Å². The van der Waals surface area contributed by atoms with Crippen molar-refractivity contribution in [3.8, 4) is 0 Å². The number of carboxylic acids is 1. The van der Waals surface area contributed by atoms with Gasteiger partial charge in [-0.15, -0.1) is 15.3 Å². The molecule has 7 heteroatoms. The Morgan fingerprint density at radius 1 is 1.27 bits per heavy atom. The lowest BCUT2D eigenvalue weighted by atomic mass is 10.1. The van der Waals surface area contributed by atoms with Crippen molar-refractivity contribution in [2.24, 2.45) is 5.92 Å². The molecule has 1 fully saturated rings. The molecule has 1 saturated heterocycles. The maximum absolute atomic E-state index is 11.2. The predicted octanol–water partition coefficient (Wildman–Crippen LogP) is 1.50. The van der Waals surface area contributed by atoms with Crippen LogP contribution >= 0.6 is 0 Å². The Balaban J connectivity index is 1.92. The first-order valence-corrected chi connectivity index (χ1v) is 7.23. The molecule has 1 atom stereocenters. The van der Waals surface area contributed by atoms with Crippen molar-refractivity contribution in [3.05, 3.63) is 30.1 Å². The molecule has 22 heavy (non-hydrogen) atoms. The first kappa shape index (κ1) is 13.0. The molecule has 3 aromatic rings. The van der Waals surface area contributed by atoms with Crippen molar-refractivity contribution in [2.45, 2.75) is 13.3 Å². The molecule has 0 spiro atoms. The highest BCUT2D eigenvalue weighted by molar-refractivity contribution is 6.00. The normalized spacial score (nSPS) is 18.4. The van der Waals surface area contributed by atoms with Crippen molar-refractivity contribution >= 4 is 28.2 Å². The zero-order valence-corrected chi connectivity index (χ0v) is 12.1. The number of rotatable bonds is 2. The van der Waals surface area contributed by atoms with Crippen molar-refractivity contribution < 1.29 is 9.90 Å². The van der Waals surface area contributed by atoms with Gasteiger partial charge in [-0.1, -0.05) is 24.3 Å². The van der Waals surface area contributed by atoms with E-state index in [1.807, 2.05) is 36.1 Å². The summed E-state index contributed by atoms with van der Waals surface area (Å²) in [5, 5.41) is 24.1. The second-order valence-electron chi connectivity index (χ2n) is 5.62. The molecule has 0 amide bonds. The van der Waals surface area contributed by atoms with Gasteiger partial charge in [-0.05, 0) is 13.3 Å². The van der Waals surface area contributed by atoms with Crippen LogP contribution in [0.2, 0.25) is 0 Å². The molecule has 7 nitrogen and oxygen atoms in total. The van der Waals surface area contributed by atoms with E-state index in [-0.39, 0.29) is 5.92 Å². The van der Waals surface area contributed by atoms with E-state index in [1.54, 1.807) is 4.52 Å². The number of aryl methyl sites for hydroxylation is 1. The number of fused-ring (bicyclic) bond motifs is 3. The van der Waals surface area contributed by atoms with Crippen LogP contribution in [0.1, 0.15) is 12.2 Å². The molecule has 2 aromatic heterocycles. The number of hydrogen-bond acceptors (Lipinski definition) is 5. The number of carboxylic acid groups (broad SMARTS) is 1. The van der Waals surface area contributed by atoms with Gasteiger partial charge in [-0.2, -0.15) is 4.52 Å². The van der Waals surface area contributed by atoms with Gasteiger partial charge in [0, 0.05) is 23.9 Å². The second-order valence-corrected chi connectivity index (χ2v) is 5.62. The first-order valence-electron chi connectivity index (χ1n) is 7.23. The van der Waals surface area contributed by atoms with E-state index in [9.17, 15) is 9.90 Å². The van der Waals surface area contributed by atoms with Gasteiger partial charge in [0.1, 0.15) is 0 Å². The molecule has 0 radical (unpaired) electrons. The molecule has 1 aliphatic heterocycles. The molecular weight excluding hydrogens is 282 g/mol. The minimum absolute atomic E-state index is 0.335. The Kier molecular flexibility index (Phi) is 2.75. The van der Waals surface area contributed by atoms with Crippen LogP contribution in [-0.4, -0.2) is 44.0 Å². The van der Waals surface area contributed by atoms with Gasteiger partial charge in [0.25, 0.3) is 0 Å². The molecule has 1 N–H and O–H groups in total. The van der Waals surface area contributed by atoms with Crippen molar-refractivity contribution in [3.63, 3.8) is 0 Å². The number of carbonyl (C=O) groups is 1. The second kappa shape index (κ2) is 4.66. The van der Waals surface area contributed by atoms with Crippen molar-refractivity contribution in [1.82, 2.24) is 19.8 Å². The van der Waals surface area contributed by atoms with E-state index in [4.69, 9.17) is 0 Å². The van der Waals surface area contributed by atoms with E-state index in [2.05, 4.69) is 15.3 Å². The number of aromatic nitrogens is 4. The van der Waals surface area contributed by atoms with Crippen LogP contribution in [0, 0.1) is 12.8 Å². The lowest BCUT2D eigenvalue weighted by Crippen LogP contribution is -2.24. The topological polar surface area (TPSA) is 83.6 Å². The highest BCUT2D eigenvalue weighted by atomic mass is 16.4. The van der Waals surface area contributed by atoms with E-state index in [0.29, 0.717) is 19.5 Å². The molecule has 0 aliphatic carbocycles. The maximum Gasteiger partial charge on any atom is 0.308 e. The number of nitrogens with zero attached hydrogens (tertiary/aromatic N) is 5. The highest BCUT2D eigenvalue weighted by Gasteiger charge is 2.30. The monoisotopic (exact) mass is 297 g/mol. The highest BCUT2D eigenvalue weighted by Crippen LogP contribution is 2.30. The summed E-state index contributed by atoms with van der Waals surface area (Å²) < 4.78 is 1.73. The summed E-state index contributed by atoms with van der Waals surface area (Å²) in [5.41, 5.74) is 0.728. The predicted molar refractivity (Wildman–Crippen MR) is 81.0 cm³/mol. The van der Waals surface area contributed by atoms with Gasteiger partial charge in [0.2, 0.25) is 0 Å². The fourth-order valence-corrected chi connectivity index (χ4v) is 3.05. The third kappa shape index (κ3) is 1.82. The minimum atomic E-state index is -0.742. The van der Waals surface area contributed by atoms with Crippen LogP contribution in [0.15, 0.2) is 24.3 Å². The van der Waals surface area contributed by atoms with E-state index in [0.717, 1.165) is 28.1 Å². The number of aliphatic carboxylic acids is 1. The molecule has 1 unspecified atom stereocenters. The lowest BCUT2D eigenvalue weighted by Gasteiger charge is -2.19. The van der Waals surface area contributed by atoms with Crippen LogP contribution < -0.4 is 4.90 Å². The van der Waals surface area contributed by atoms with Crippen molar-refractivity contribution in [2.75, 3.05) is 18.0 Å². The third-order valence-electron chi connectivity index (χ3n) is 4.24. The summed E-state index contributed by atoms with van der Waals surface area (Å²) in [6.07, 6.45) is 0.643. The Morgan fingerprint density at radius 3 is 2.77 bits per heavy atom. The summed E-state index contributed by atoms with van der Waals surface area (Å²) in [6.45, 7) is 3.04. The van der Waals surface area contributed by atoms with Gasteiger partial charge in [0.05, 0.1) is 5.92 Å². The van der Waals surface area contributed by atoms with Gasteiger partial charge < -0.3 is 10.0 Å². The Morgan fingerprint density at radius 2 is 2.05 bits per heavy atom. The van der Waals surface area contributed by atoms with Gasteiger partial charge in [-0.3, -0.25) is 4.79 Å². The smallest absolute Gasteiger partial charge is 0.308 e. The Bertz CT molecular complexity index is 888. The fourth-order valence-electron chi connectivity index (χ4n) is 3.05. The minimum Gasteiger partial charge on any atom is -0.481 e. The van der Waals surface area contributed by atoms with Crippen LogP contribution in [-0.2, 0) is 4.79 Å². The summed E-state index contributed by atoms with van der Waals surface area (Å²) in [7, 11) is 0. The van der Waals surface area contributed by atoms with Crippen molar-refractivity contribution in [1.29, 1.82) is 0 Å². The molecule has 4 rings (SSSR count). The molecular formula is C15H15N5O2. The molecule has 1 aromatic carbocycles. The third-order valence-corrected chi connectivity index (χ3v) is 4.24. The largest absolute Gasteiger partial charge is 0.481 e. The van der Waals surface area contributed by atoms with E-state index >= 15 is 0 Å². The summed E-state index contributed by atoms with van der Waals surface area (Å²) in [4.78, 5) is 13.2. The Hall–Kier alpha value is -2.70. The average molecular weight is 297 g/mol. The van der Waals surface area contributed by atoms with Crippen LogP contribution in [0.3, 0.4) is 0 Å². The quantitative estimate of drug-likeness (QED) is 0.771. The zero-order valence-electron chi connectivity index (χ0n) is 12.1. The molecule has 1 aliphatic rings. The van der Waals surface area contributed by atoms with Crippen LogP contribution in [0.4, 0.5) is 5.82 Å². The van der Waals surface area contributed by atoms with Gasteiger partial charge >= 0.3 is 5.97 Å². The maximum atomic E-state index is 11.2. The van der Waals surface area contributed by atoms with E-state index in [1.165, 1.54) is 0 Å².